The quantitative estimate of drug-likeness (QED) is 0.430. The Labute approximate surface area is 46.3 Å². The Morgan fingerprint density at radius 1 is 1.71 bits per heavy atom. The lowest BCUT2D eigenvalue weighted by molar-refractivity contribution is 0.331. The van der Waals surface area contributed by atoms with Crippen LogP contribution in [0.5, 0.6) is 0 Å². The van der Waals surface area contributed by atoms with Crippen LogP contribution in [0.1, 0.15) is 6.42 Å². The Morgan fingerprint density at radius 3 is 2.86 bits per heavy atom. The molecule has 0 spiro atoms. The fraction of sp³-hybridized carbons (Fsp3) is 1.00. The van der Waals surface area contributed by atoms with Crippen LogP contribution in [-0.2, 0) is 8.89 Å². The first kappa shape index (κ1) is 5.33. The zero-order valence-corrected chi connectivity index (χ0v) is 5.94. The minimum atomic E-state index is -1.24. The Kier molecular flexibility index (Phi) is 1.90. The monoisotopic (exact) mass is 130 g/mol. The molecule has 2 radical (unpaired) electrons. The molecule has 0 unspecified atom stereocenters. The van der Waals surface area contributed by atoms with Gasteiger partial charge < -0.3 is 8.89 Å². The molecule has 0 aromatic rings. The molecule has 4 heteroatoms. The molecule has 7 heavy (non-hydrogen) atoms. The minimum absolute atomic E-state index is 0.322. The highest BCUT2D eigenvalue weighted by Gasteiger charge is 2.12. The molecule has 1 saturated heterocycles. The molecule has 1 fully saturated rings. The first-order valence-corrected chi connectivity index (χ1v) is 5.82. The summed E-state index contributed by atoms with van der Waals surface area (Å²) < 4.78 is 15.5. The highest BCUT2D eigenvalue weighted by atomic mass is 29.2. The zero-order valence-electron chi connectivity index (χ0n) is 3.94. The van der Waals surface area contributed by atoms with Gasteiger partial charge in [0.1, 0.15) is 0 Å². The highest BCUT2D eigenvalue weighted by Crippen LogP contribution is 1.96. The molecule has 1 aliphatic heterocycles. The van der Waals surface area contributed by atoms with Gasteiger partial charge in [0.05, 0.1) is 0 Å². The van der Waals surface area contributed by atoms with Gasteiger partial charge in [0.15, 0.2) is 0 Å². The number of hydrogen-bond acceptors (Lipinski definition) is 2. The van der Waals surface area contributed by atoms with Crippen molar-refractivity contribution in [3.8, 4) is 0 Å². The van der Waals surface area contributed by atoms with Crippen molar-refractivity contribution in [1.29, 1.82) is 0 Å². The lowest BCUT2D eigenvalue weighted by Crippen LogP contribution is -2.21. The van der Waals surface area contributed by atoms with E-state index in [1.54, 1.807) is 0 Å². The van der Waals surface area contributed by atoms with E-state index in [2.05, 4.69) is 0 Å². The van der Waals surface area contributed by atoms with Crippen LogP contribution in [0.3, 0.4) is 0 Å². The summed E-state index contributed by atoms with van der Waals surface area (Å²) in [6, 6.07) is 0.920. The van der Waals surface area contributed by atoms with Crippen molar-refractivity contribution in [2.24, 2.45) is 0 Å². The Morgan fingerprint density at radius 2 is 2.57 bits per heavy atom. The largest absolute Gasteiger partial charge is 0.414 e. The van der Waals surface area contributed by atoms with Gasteiger partial charge in [0.2, 0.25) is 0 Å². The fourth-order valence-electron chi connectivity index (χ4n) is 0.487. The van der Waals surface area contributed by atoms with Crippen LogP contribution in [0.4, 0.5) is 0 Å². The van der Waals surface area contributed by atoms with E-state index < -0.39 is 8.20 Å². The molecule has 1 rings (SSSR count). The van der Waals surface area contributed by atoms with E-state index in [0.29, 0.717) is 9.28 Å². The zero-order chi connectivity index (χ0) is 5.11. The average Bonchev–Trinajstić information content (AvgIpc) is 1.69. The molecule has 38 valence electrons. The summed E-state index contributed by atoms with van der Waals surface area (Å²) >= 11 is 0. The van der Waals surface area contributed by atoms with Crippen LogP contribution < -0.4 is 0 Å². The molecule has 1 heterocycles. The number of rotatable bonds is 0. The Bertz CT molecular complexity index is 75.0. The molecule has 0 atom stereocenters. The maximum Gasteiger partial charge on any atom is 0.288 e. The molecular weight excluding hydrogens is 124 g/mol. The summed E-state index contributed by atoms with van der Waals surface area (Å²) in [6.07, 6.45) is 1.00. The maximum absolute atomic E-state index is 10.5. The molecule has 0 aromatic heterocycles. The maximum atomic E-state index is 10.5. The van der Waals surface area contributed by atoms with E-state index >= 15 is 0 Å². The van der Waals surface area contributed by atoms with Crippen LogP contribution in [0.25, 0.3) is 0 Å². The van der Waals surface area contributed by atoms with Gasteiger partial charge >= 0.3 is 0 Å². The summed E-state index contributed by atoms with van der Waals surface area (Å²) in [4.78, 5) is 0. The molecule has 0 N–H and O–H groups in total. The predicted octanol–water partition coefficient (Wildman–Crippen LogP) is -0.0554. The second-order valence-electron chi connectivity index (χ2n) is 1.48. The number of hydrogen-bond donors (Lipinski definition) is 0. The van der Waals surface area contributed by atoms with Crippen LogP contribution in [0, 0.1) is 0 Å². The Hall–Kier alpha value is 0.194. The van der Waals surface area contributed by atoms with Gasteiger partial charge in [-0.05, 0) is 12.5 Å². The van der Waals surface area contributed by atoms with Gasteiger partial charge in [-0.3, -0.25) is 0 Å². The summed E-state index contributed by atoms with van der Waals surface area (Å²) in [7, 11) is -0.916. The fourth-order valence-corrected chi connectivity index (χ4v) is 3.09. The molecule has 2 nitrogen and oxygen atoms in total. The second kappa shape index (κ2) is 2.49. The second-order valence-corrected chi connectivity index (χ2v) is 5.60. The van der Waals surface area contributed by atoms with E-state index in [9.17, 15) is 4.46 Å². The first-order chi connectivity index (χ1) is 3.39. The van der Waals surface area contributed by atoms with Crippen molar-refractivity contribution in [2.75, 3.05) is 6.61 Å². The first-order valence-electron chi connectivity index (χ1n) is 2.30. The molecule has 0 aromatic carbocycles. The van der Waals surface area contributed by atoms with Gasteiger partial charge in [0, 0.05) is 6.61 Å². The summed E-state index contributed by atoms with van der Waals surface area (Å²) in [5.41, 5.74) is 0. The third kappa shape index (κ3) is 1.62. The van der Waals surface area contributed by atoms with Crippen LogP contribution in [0.2, 0.25) is 6.04 Å². The molecule has 0 bridgehead atoms. The van der Waals surface area contributed by atoms with Crippen LogP contribution in [-0.4, -0.2) is 24.1 Å². The minimum Gasteiger partial charge on any atom is -0.414 e. The molecular formula is C3H6O2Si2. The van der Waals surface area contributed by atoms with Crippen molar-refractivity contribution >= 4 is 17.5 Å². The van der Waals surface area contributed by atoms with Crippen LogP contribution >= 0.6 is 0 Å². The van der Waals surface area contributed by atoms with Crippen molar-refractivity contribution in [2.45, 2.75) is 12.5 Å². The van der Waals surface area contributed by atoms with E-state index in [4.69, 9.17) is 4.43 Å². The molecule has 0 aliphatic carbocycles. The van der Waals surface area contributed by atoms with E-state index in [1.807, 2.05) is 0 Å². The van der Waals surface area contributed by atoms with Gasteiger partial charge in [-0.25, -0.2) is 0 Å². The SMILES string of the molecule is O=[Si]1CCCO[Si]1. The highest BCUT2D eigenvalue weighted by molar-refractivity contribution is 7.01. The van der Waals surface area contributed by atoms with Crippen LogP contribution in [0.15, 0.2) is 0 Å². The Balaban J connectivity index is 2.25. The van der Waals surface area contributed by atoms with Crippen molar-refractivity contribution in [3.63, 3.8) is 0 Å². The standard InChI is InChI=1S/C3H6O2Si2/c4-7-3-1-2-5-6-7/h1-3H2. The van der Waals surface area contributed by atoms with Crippen molar-refractivity contribution in [3.05, 3.63) is 0 Å². The third-order valence-electron chi connectivity index (χ3n) is 0.836. The van der Waals surface area contributed by atoms with Gasteiger partial charge in [-0.1, -0.05) is 0 Å². The summed E-state index contributed by atoms with van der Waals surface area (Å²) in [5.74, 6) is 0. The molecule has 0 amide bonds. The van der Waals surface area contributed by atoms with Gasteiger partial charge in [0.25, 0.3) is 17.5 Å². The van der Waals surface area contributed by atoms with Gasteiger partial charge in [-0.2, -0.15) is 0 Å². The van der Waals surface area contributed by atoms with Crippen molar-refractivity contribution in [1.82, 2.24) is 0 Å². The lowest BCUT2D eigenvalue weighted by atomic mass is 10.5. The lowest BCUT2D eigenvalue weighted by Gasteiger charge is -2.04. The molecule has 1 aliphatic rings. The van der Waals surface area contributed by atoms with E-state index in [1.165, 1.54) is 0 Å². The average molecular weight is 130 g/mol. The van der Waals surface area contributed by atoms with Crippen molar-refractivity contribution < 1.29 is 8.89 Å². The smallest absolute Gasteiger partial charge is 0.288 e. The summed E-state index contributed by atoms with van der Waals surface area (Å²) in [6.45, 7) is 0.828. The van der Waals surface area contributed by atoms with E-state index in [0.717, 1.165) is 19.1 Å². The predicted molar refractivity (Wildman–Crippen MR) is 27.6 cm³/mol. The summed E-state index contributed by atoms with van der Waals surface area (Å²) in [5, 5.41) is 0. The molecule has 0 saturated carbocycles. The van der Waals surface area contributed by atoms with E-state index in [-0.39, 0.29) is 0 Å². The normalized spacial score (nSPS) is 22.6. The van der Waals surface area contributed by atoms with Gasteiger partial charge in [-0.15, -0.1) is 0 Å². The topological polar surface area (TPSA) is 26.3 Å². The third-order valence-corrected chi connectivity index (χ3v) is 4.09.